The minimum atomic E-state index is -1.24. The zero-order valence-corrected chi connectivity index (χ0v) is 22.0. The van der Waals surface area contributed by atoms with Gasteiger partial charge in [0.1, 0.15) is 6.73 Å². The summed E-state index contributed by atoms with van der Waals surface area (Å²) < 4.78 is 12.9. The predicted octanol–water partition coefficient (Wildman–Crippen LogP) is 5.13. The van der Waals surface area contributed by atoms with Crippen LogP contribution in [0.15, 0.2) is 41.1 Å². The van der Waals surface area contributed by atoms with E-state index >= 15 is 0 Å². The Balaban J connectivity index is 1.78. The first-order valence-corrected chi connectivity index (χ1v) is 15.6. The van der Waals surface area contributed by atoms with E-state index in [0.717, 1.165) is 18.9 Å². The molecule has 0 aliphatic heterocycles. The Labute approximate surface area is 206 Å². The summed E-state index contributed by atoms with van der Waals surface area (Å²) in [4.78, 5) is 32.8. The highest BCUT2D eigenvalue weighted by molar-refractivity contribution is 6.76. The molecule has 0 radical (unpaired) electrons. The summed E-state index contributed by atoms with van der Waals surface area (Å²) in [6.07, 6.45) is 4.75. The largest absolute Gasteiger partial charge is 0.475 e. The van der Waals surface area contributed by atoms with Crippen LogP contribution in [0.2, 0.25) is 25.7 Å². The average molecular weight is 499 g/mol. The first kappa shape index (κ1) is 26.4. The summed E-state index contributed by atoms with van der Waals surface area (Å²) in [6.45, 7) is 11.5. The van der Waals surface area contributed by atoms with Crippen molar-refractivity contribution in [3.8, 4) is 22.7 Å². The fourth-order valence-electron chi connectivity index (χ4n) is 3.44. The zero-order valence-electron chi connectivity index (χ0n) is 21.0. The Hall–Kier alpha value is -3.24. The molecule has 2 heterocycles. The molecule has 2 N–H and O–H groups in total. The van der Waals surface area contributed by atoms with Gasteiger partial charge in [-0.25, -0.2) is 14.8 Å². The molecule has 9 nitrogen and oxygen atoms in total. The summed E-state index contributed by atoms with van der Waals surface area (Å²) in [5.41, 5.74) is 1.85. The molecule has 0 aliphatic rings. The monoisotopic (exact) mass is 498 g/mol. The normalized spacial score (nSPS) is 11.7. The molecular weight excluding hydrogens is 464 g/mol. The van der Waals surface area contributed by atoms with Gasteiger partial charge < -0.3 is 24.1 Å². The second kappa shape index (κ2) is 11.5. The van der Waals surface area contributed by atoms with E-state index in [9.17, 15) is 14.7 Å². The van der Waals surface area contributed by atoms with Crippen LogP contribution in [0.5, 0.6) is 0 Å². The molecule has 3 aromatic rings. The number of carboxylic acids is 1. The maximum absolute atomic E-state index is 12.5. The number of ether oxygens (including phenoxy) is 1. The van der Waals surface area contributed by atoms with E-state index in [1.807, 2.05) is 32.0 Å². The van der Waals surface area contributed by atoms with Crippen LogP contribution in [0.1, 0.15) is 47.9 Å². The Bertz CT molecular complexity index is 1160. The van der Waals surface area contributed by atoms with Crippen molar-refractivity contribution in [2.45, 2.75) is 65.1 Å². The van der Waals surface area contributed by atoms with Gasteiger partial charge in [-0.05, 0) is 31.0 Å². The number of rotatable bonds is 12. The molecular formula is C25H34N4O5Si. The van der Waals surface area contributed by atoms with Gasteiger partial charge in [-0.2, -0.15) is 0 Å². The molecule has 10 heteroatoms. The predicted molar refractivity (Wildman–Crippen MR) is 136 cm³/mol. The number of benzene rings is 1. The SMILES string of the molecule is CCC(CC)NC(=O)c1cnc(-c2cccc(-c3cn(COCC[Si](C)(C)C)c(C(=O)O)n3)c2)o1. The second-order valence-electron chi connectivity index (χ2n) is 9.67. The molecule has 1 aromatic carbocycles. The molecule has 1 amide bonds. The number of hydrogen-bond acceptors (Lipinski definition) is 6. The van der Waals surface area contributed by atoms with Crippen LogP contribution in [0.3, 0.4) is 0 Å². The summed E-state index contributed by atoms with van der Waals surface area (Å²) in [6, 6.07) is 8.33. The number of imidazole rings is 1. The average Bonchev–Trinajstić information content (AvgIpc) is 3.48. The highest BCUT2D eigenvalue weighted by Gasteiger charge is 2.19. The first-order chi connectivity index (χ1) is 16.6. The van der Waals surface area contributed by atoms with Gasteiger partial charge in [0.15, 0.2) is 0 Å². The van der Waals surface area contributed by atoms with Gasteiger partial charge in [0, 0.05) is 38.0 Å². The molecule has 0 saturated carbocycles. The van der Waals surface area contributed by atoms with Crippen molar-refractivity contribution in [3.05, 3.63) is 48.2 Å². The van der Waals surface area contributed by atoms with E-state index in [0.29, 0.717) is 29.3 Å². The molecule has 188 valence electrons. The van der Waals surface area contributed by atoms with E-state index < -0.39 is 14.0 Å². The maximum Gasteiger partial charge on any atom is 0.372 e. The van der Waals surface area contributed by atoms with Crippen molar-refractivity contribution in [2.24, 2.45) is 0 Å². The van der Waals surface area contributed by atoms with Gasteiger partial charge in [-0.15, -0.1) is 0 Å². The number of oxazole rings is 1. The molecule has 0 spiro atoms. The quantitative estimate of drug-likeness (QED) is 0.262. The Morgan fingerprint density at radius 2 is 1.91 bits per heavy atom. The van der Waals surface area contributed by atoms with Crippen molar-refractivity contribution < 1.29 is 23.8 Å². The van der Waals surface area contributed by atoms with Crippen LogP contribution in [0.25, 0.3) is 22.7 Å². The van der Waals surface area contributed by atoms with E-state index in [4.69, 9.17) is 9.15 Å². The smallest absolute Gasteiger partial charge is 0.372 e. The molecule has 2 aromatic heterocycles. The van der Waals surface area contributed by atoms with Crippen LogP contribution in [0.4, 0.5) is 0 Å². The lowest BCUT2D eigenvalue weighted by molar-refractivity contribution is 0.0613. The van der Waals surface area contributed by atoms with Crippen LogP contribution in [-0.4, -0.2) is 52.2 Å². The number of carboxylic acid groups (broad SMARTS) is 1. The lowest BCUT2D eigenvalue weighted by Gasteiger charge is -2.15. The molecule has 0 fully saturated rings. The van der Waals surface area contributed by atoms with E-state index in [2.05, 4.69) is 34.9 Å². The molecule has 3 rings (SSSR count). The third-order valence-electron chi connectivity index (χ3n) is 5.65. The number of aromatic nitrogens is 3. The van der Waals surface area contributed by atoms with Crippen LogP contribution >= 0.6 is 0 Å². The number of amides is 1. The van der Waals surface area contributed by atoms with Crippen molar-refractivity contribution in [1.29, 1.82) is 0 Å². The summed E-state index contributed by atoms with van der Waals surface area (Å²) in [5.74, 6) is -1.07. The Morgan fingerprint density at radius 3 is 2.57 bits per heavy atom. The van der Waals surface area contributed by atoms with Crippen LogP contribution in [0, 0.1) is 0 Å². The number of carbonyl (C=O) groups is 2. The van der Waals surface area contributed by atoms with E-state index in [1.165, 1.54) is 10.8 Å². The molecule has 0 unspecified atom stereocenters. The van der Waals surface area contributed by atoms with Gasteiger partial charge in [0.25, 0.3) is 5.91 Å². The number of nitrogens with one attached hydrogen (secondary N) is 1. The number of nitrogens with zero attached hydrogens (tertiary/aromatic N) is 3. The van der Waals surface area contributed by atoms with Gasteiger partial charge >= 0.3 is 5.97 Å². The molecule has 35 heavy (non-hydrogen) atoms. The standard InChI is InChI=1S/C25H34N4O5Si/c1-6-19(7-2)27-23(30)21-14-26-24(34-21)18-10-8-9-17(13-18)20-15-29(22(28-20)25(31)32)16-33-11-12-35(3,4)5/h8-10,13-15,19H,6-7,11-12,16H2,1-5H3,(H,27,30)(H,31,32). The fraction of sp³-hybridized carbons (Fsp3) is 0.440. The molecule has 0 atom stereocenters. The van der Waals surface area contributed by atoms with E-state index in [-0.39, 0.29) is 30.3 Å². The summed E-state index contributed by atoms with van der Waals surface area (Å²) in [5, 5.41) is 12.5. The fourth-order valence-corrected chi connectivity index (χ4v) is 4.20. The van der Waals surface area contributed by atoms with Gasteiger partial charge in [0.2, 0.25) is 17.5 Å². The van der Waals surface area contributed by atoms with Crippen LogP contribution in [-0.2, 0) is 11.5 Å². The third kappa shape index (κ3) is 7.12. The van der Waals surface area contributed by atoms with Gasteiger partial charge in [-0.1, -0.05) is 45.6 Å². The summed E-state index contributed by atoms with van der Waals surface area (Å²) >= 11 is 0. The van der Waals surface area contributed by atoms with Gasteiger partial charge in [-0.3, -0.25) is 4.79 Å². The number of carbonyl (C=O) groups excluding carboxylic acids is 1. The van der Waals surface area contributed by atoms with Crippen LogP contribution < -0.4 is 5.32 Å². The minimum absolute atomic E-state index is 0.0810. The maximum atomic E-state index is 12.5. The van der Waals surface area contributed by atoms with Crippen molar-refractivity contribution in [2.75, 3.05) is 6.61 Å². The second-order valence-corrected chi connectivity index (χ2v) is 15.3. The minimum Gasteiger partial charge on any atom is -0.475 e. The summed E-state index contributed by atoms with van der Waals surface area (Å²) in [7, 11) is -1.24. The van der Waals surface area contributed by atoms with Crippen molar-refractivity contribution in [3.63, 3.8) is 0 Å². The topological polar surface area (TPSA) is 119 Å². The third-order valence-corrected chi connectivity index (χ3v) is 7.35. The lowest BCUT2D eigenvalue weighted by Crippen LogP contribution is -2.33. The van der Waals surface area contributed by atoms with Crippen molar-refractivity contribution in [1.82, 2.24) is 19.9 Å². The first-order valence-electron chi connectivity index (χ1n) is 11.9. The zero-order chi connectivity index (χ0) is 25.6. The van der Waals surface area contributed by atoms with E-state index in [1.54, 1.807) is 12.3 Å². The Morgan fingerprint density at radius 1 is 1.20 bits per heavy atom. The molecule has 0 bridgehead atoms. The number of aromatic carboxylic acids is 1. The molecule has 0 saturated heterocycles. The Kier molecular flexibility index (Phi) is 8.63. The highest BCUT2D eigenvalue weighted by Crippen LogP contribution is 2.26. The van der Waals surface area contributed by atoms with Gasteiger partial charge in [0.05, 0.1) is 11.9 Å². The van der Waals surface area contributed by atoms with Crippen molar-refractivity contribution >= 4 is 20.0 Å². The number of hydrogen-bond donors (Lipinski definition) is 2. The lowest BCUT2D eigenvalue weighted by atomic mass is 10.1. The highest BCUT2D eigenvalue weighted by atomic mass is 28.3. The molecule has 0 aliphatic carbocycles.